The Labute approximate surface area is 118 Å². The zero-order valence-electron chi connectivity index (χ0n) is 11.2. The third kappa shape index (κ3) is 3.86. The van der Waals surface area contributed by atoms with Crippen molar-refractivity contribution in [2.45, 2.75) is 18.8 Å². The van der Waals surface area contributed by atoms with Crippen LogP contribution in [-0.2, 0) is 10.0 Å². The Morgan fingerprint density at radius 2 is 2.00 bits per heavy atom. The second-order valence-corrected chi connectivity index (χ2v) is 6.79. The van der Waals surface area contributed by atoms with Crippen LogP contribution in [-0.4, -0.2) is 43.9 Å². The van der Waals surface area contributed by atoms with Gasteiger partial charge in [-0.3, -0.25) is 4.72 Å². The average molecular weight is 298 g/mol. The maximum Gasteiger partial charge on any atom is 0.407 e. The monoisotopic (exact) mass is 298 g/mol. The van der Waals surface area contributed by atoms with E-state index < -0.39 is 16.1 Å². The second-order valence-electron chi connectivity index (χ2n) is 5.04. The van der Waals surface area contributed by atoms with E-state index in [-0.39, 0.29) is 5.92 Å². The molecule has 1 aromatic rings. The van der Waals surface area contributed by atoms with Crippen molar-refractivity contribution in [1.29, 1.82) is 0 Å². The molecule has 0 saturated carbocycles. The van der Waals surface area contributed by atoms with E-state index >= 15 is 0 Å². The molecule has 110 valence electrons. The minimum atomic E-state index is -3.28. The van der Waals surface area contributed by atoms with Gasteiger partial charge in [-0.05, 0) is 36.5 Å². The second kappa shape index (κ2) is 5.70. The number of sulfonamides is 1. The zero-order valence-corrected chi connectivity index (χ0v) is 12.1. The maximum atomic E-state index is 11.2. The zero-order chi connectivity index (χ0) is 14.8. The van der Waals surface area contributed by atoms with Gasteiger partial charge in [-0.25, -0.2) is 13.2 Å². The number of piperidine rings is 1. The molecule has 1 aliphatic rings. The fourth-order valence-corrected chi connectivity index (χ4v) is 3.03. The van der Waals surface area contributed by atoms with Gasteiger partial charge in [0.2, 0.25) is 10.0 Å². The first-order valence-corrected chi connectivity index (χ1v) is 8.30. The van der Waals surface area contributed by atoms with Crippen molar-refractivity contribution in [3.63, 3.8) is 0 Å². The van der Waals surface area contributed by atoms with Crippen molar-refractivity contribution < 1.29 is 18.3 Å². The predicted molar refractivity (Wildman–Crippen MR) is 76.5 cm³/mol. The van der Waals surface area contributed by atoms with E-state index in [0.29, 0.717) is 18.8 Å². The normalized spacial score (nSPS) is 16.9. The summed E-state index contributed by atoms with van der Waals surface area (Å²) in [5.41, 5.74) is 1.59. The molecule has 1 fully saturated rings. The molecule has 1 amide bonds. The van der Waals surface area contributed by atoms with Crippen molar-refractivity contribution in [3.05, 3.63) is 29.8 Å². The number of likely N-dealkylation sites (tertiary alicyclic amines) is 1. The van der Waals surface area contributed by atoms with Gasteiger partial charge in [0, 0.05) is 18.8 Å². The van der Waals surface area contributed by atoms with E-state index in [1.165, 1.54) is 4.90 Å². The molecule has 1 aromatic carbocycles. The molecule has 2 rings (SSSR count). The van der Waals surface area contributed by atoms with Crippen LogP contribution in [0.3, 0.4) is 0 Å². The summed E-state index contributed by atoms with van der Waals surface area (Å²) >= 11 is 0. The van der Waals surface area contributed by atoms with Gasteiger partial charge in [0.1, 0.15) is 0 Å². The number of nitrogens with one attached hydrogen (secondary N) is 1. The highest BCUT2D eigenvalue weighted by Gasteiger charge is 2.23. The summed E-state index contributed by atoms with van der Waals surface area (Å²) in [4.78, 5) is 12.3. The van der Waals surface area contributed by atoms with Crippen molar-refractivity contribution >= 4 is 21.8 Å². The number of hydrogen-bond donors (Lipinski definition) is 2. The van der Waals surface area contributed by atoms with Crippen molar-refractivity contribution in [1.82, 2.24) is 4.90 Å². The SMILES string of the molecule is CS(=O)(=O)Nc1cccc(C2CCN(C(=O)O)CC2)c1. The molecule has 0 spiro atoms. The summed E-state index contributed by atoms with van der Waals surface area (Å²) in [5, 5.41) is 8.92. The van der Waals surface area contributed by atoms with E-state index in [1.54, 1.807) is 6.07 Å². The van der Waals surface area contributed by atoms with Crippen molar-refractivity contribution in [2.24, 2.45) is 0 Å². The number of anilines is 1. The number of hydrogen-bond acceptors (Lipinski definition) is 3. The Balaban J connectivity index is 2.07. The minimum Gasteiger partial charge on any atom is -0.465 e. The van der Waals surface area contributed by atoms with Crippen LogP contribution in [0.2, 0.25) is 0 Å². The highest BCUT2D eigenvalue weighted by molar-refractivity contribution is 7.92. The third-order valence-electron chi connectivity index (χ3n) is 3.43. The van der Waals surface area contributed by atoms with Gasteiger partial charge in [0.05, 0.1) is 6.26 Å². The lowest BCUT2D eigenvalue weighted by Gasteiger charge is -2.30. The van der Waals surface area contributed by atoms with Crippen LogP contribution in [0.5, 0.6) is 0 Å². The number of nitrogens with zero attached hydrogens (tertiary/aromatic N) is 1. The fraction of sp³-hybridized carbons (Fsp3) is 0.462. The van der Waals surface area contributed by atoms with E-state index in [4.69, 9.17) is 5.11 Å². The summed E-state index contributed by atoms with van der Waals surface area (Å²) in [5.74, 6) is 0.270. The van der Waals surface area contributed by atoms with Gasteiger partial charge in [0.15, 0.2) is 0 Å². The van der Waals surface area contributed by atoms with E-state index in [2.05, 4.69) is 4.72 Å². The molecule has 1 heterocycles. The van der Waals surface area contributed by atoms with Crippen molar-refractivity contribution in [2.75, 3.05) is 24.1 Å². The van der Waals surface area contributed by atoms with E-state index in [0.717, 1.165) is 24.7 Å². The first kappa shape index (κ1) is 14.6. The van der Waals surface area contributed by atoms with Gasteiger partial charge < -0.3 is 10.0 Å². The summed E-state index contributed by atoms with van der Waals surface area (Å²) < 4.78 is 24.9. The molecular formula is C13H18N2O4S. The molecular weight excluding hydrogens is 280 g/mol. The molecule has 0 aromatic heterocycles. The molecule has 0 aliphatic carbocycles. The topological polar surface area (TPSA) is 86.7 Å². The molecule has 1 aliphatic heterocycles. The molecule has 7 heteroatoms. The van der Waals surface area contributed by atoms with Gasteiger partial charge in [-0.15, -0.1) is 0 Å². The van der Waals surface area contributed by atoms with Crippen LogP contribution in [0, 0.1) is 0 Å². The predicted octanol–water partition coefficient (Wildman–Crippen LogP) is 1.92. The lowest BCUT2D eigenvalue weighted by Crippen LogP contribution is -2.36. The summed E-state index contributed by atoms with van der Waals surface area (Å²) in [6.45, 7) is 1.04. The van der Waals surface area contributed by atoms with Gasteiger partial charge in [-0.2, -0.15) is 0 Å². The van der Waals surface area contributed by atoms with Crippen LogP contribution in [0.4, 0.5) is 10.5 Å². The van der Waals surface area contributed by atoms with E-state index in [9.17, 15) is 13.2 Å². The number of benzene rings is 1. The Morgan fingerprint density at radius 1 is 1.35 bits per heavy atom. The molecule has 20 heavy (non-hydrogen) atoms. The summed E-state index contributed by atoms with van der Waals surface area (Å²) in [6.07, 6.45) is 1.75. The molecule has 0 radical (unpaired) electrons. The summed E-state index contributed by atoms with van der Waals surface area (Å²) in [7, 11) is -3.28. The standard InChI is InChI=1S/C13H18N2O4S/c1-20(18,19)14-12-4-2-3-11(9-12)10-5-7-15(8-6-10)13(16)17/h2-4,9-10,14H,5-8H2,1H3,(H,16,17). The molecule has 0 unspecified atom stereocenters. The quantitative estimate of drug-likeness (QED) is 0.892. The molecule has 2 N–H and O–H groups in total. The van der Waals surface area contributed by atoms with Gasteiger partial charge in [-0.1, -0.05) is 12.1 Å². The van der Waals surface area contributed by atoms with Crippen LogP contribution in [0.15, 0.2) is 24.3 Å². The first-order valence-electron chi connectivity index (χ1n) is 6.41. The Hall–Kier alpha value is -1.76. The number of carboxylic acid groups (broad SMARTS) is 1. The average Bonchev–Trinajstić information content (AvgIpc) is 2.37. The molecule has 1 saturated heterocycles. The Bertz CT molecular complexity index is 592. The largest absolute Gasteiger partial charge is 0.465 e. The molecule has 0 bridgehead atoms. The van der Waals surface area contributed by atoms with Crippen LogP contribution in [0.1, 0.15) is 24.3 Å². The fourth-order valence-electron chi connectivity index (χ4n) is 2.47. The maximum absolute atomic E-state index is 11.2. The Morgan fingerprint density at radius 3 is 2.55 bits per heavy atom. The highest BCUT2D eigenvalue weighted by Crippen LogP contribution is 2.29. The van der Waals surface area contributed by atoms with Gasteiger partial charge in [0.25, 0.3) is 0 Å². The van der Waals surface area contributed by atoms with Gasteiger partial charge >= 0.3 is 6.09 Å². The first-order chi connectivity index (χ1) is 9.35. The lowest BCUT2D eigenvalue weighted by molar-refractivity contribution is 0.132. The van der Waals surface area contributed by atoms with Crippen LogP contribution in [0.25, 0.3) is 0 Å². The van der Waals surface area contributed by atoms with Crippen LogP contribution >= 0.6 is 0 Å². The van der Waals surface area contributed by atoms with Crippen LogP contribution < -0.4 is 4.72 Å². The third-order valence-corrected chi connectivity index (χ3v) is 4.03. The molecule has 6 nitrogen and oxygen atoms in total. The summed E-state index contributed by atoms with van der Waals surface area (Å²) in [6, 6.07) is 7.29. The minimum absolute atomic E-state index is 0.270. The number of carbonyl (C=O) groups is 1. The number of amides is 1. The highest BCUT2D eigenvalue weighted by atomic mass is 32.2. The number of rotatable bonds is 3. The van der Waals surface area contributed by atoms with Crippen molar-refractivity contribution in [3.8, 4) is 0 Å². The van der Waals surface area contributed by atoms with E-state index in [1.807, 2.05) is 18.2 Å². The lowest BCUT2D eigenvalue weighted by atomic mass is 9.89. The smallest absolute Gasteiger partial charge is 0.407 e. The Kier molecular flexibility index (Phi) is 4.17. The molecule has 0 atom stereocenters.